The van der Waals surface area contributed by atoms with Gasteiger partial charge in [0.15, 0.2) is 11.7 Å². The Labute approximate surface area is 106 Å². The van der Waals surface area contributed by atoms with Crippen LogP contribution >= 0.6 is 0 Å². The van der Waals surface area contributed by atoms with Crippen molar-refractivity contribution in [1.82, 2.24) is 15.1 Å². The highest BCUT2D eigenvalue weighted by Crippen LogP contribution is 2.17. The van der Waals surface area contributed by atoms with Crippen LogP contribution in [0.1, 0.15) is 12.0 Å². The summed E-state index contributed by atoms with van der Waals surface area (Å²) in [6.45, 7) is 3.79. The number of aromatic nitrogens is 2. The van der Waals surface area contributed by atoms with Gasteiger partial charge in [-0.05, 0) is 26.1 Å². The molecule has 3 N–H and O–H groups in total. The maximum Gasteiger partial charge on any atom is 0.173 e. The summed E-state index contributed by atoms with van der Waals surface area (Å²) < 4.78 is 0. The SMILES string of the molecule is CN1CCCN(c2nnccc2/C(N)=N/O)CC1. The Morgan fingerprint density at radius 1 is 1.39 bits per heavy atom. The normalized spacial score (nSPS) is 18.7. The third-order valence-electron chi connectivity index (χ3n) is 3.10. The summed E-state index contributed by atoms with van der Waals surface area (Å²) in [4.78, 5) is 4.41. The van der Waals surface area contributed by atoms with Crippen molar-refractivity contribution in [2.45, 2.75) is 6.42 Å². The number of rotatable bonds is 2. The molecule has 18 heavy (non-hydrogen) atoms. The summed E-state index contributed by atoms with van der Waals surface area (Å²) in [6.07, 6.45) is 2.60. The largest absolute Gasteiger partial charge is 0.409 e. The molecule has 98 valence electrons. The molecule has 0 radical (unpaired) electrons. The van der Waals surface area contributed by atoms with E-state index in [2.05, 4.69) is 32.2 Å². The minimum Gasteiger partial charge on any atom is -0.409 e. The highest BCUT2D eigenvalue weighted by atomic mass is 16.4. The van der Waals surface area contributed by atoms with Crippen LogP contribution in [0.4, 0.5) is 5.82 Å². The van der Waals surface area contributed by atoms with Crippen LogP contribution in [0, 0.1) is 0 Å². The molecule has 0 bridgehead atoms. The van der Waals surface area contributed by atoms with Gasteiger partial charge in [-0.1, -0.05) is 5.16 Å². The Kier molecular flexibility index (Phi) is 3.93. The first-order chi connectivity index (χ1) is 8.72. The van der Waals surface area contributed by atoms with E-state index in [1.165, 1.54) is 0 Å². The fourth-order valence-electron chi connectivity index (χ4n) is 2.07. The van der Waals surface area contributed by atoms with E-state index in [-0.39, 0.29) is 5.84 Å². The molecule has 0 amide bonds. The summed E-state index contributed by atoms with van der Waals surface area (Å²) in [5, 5.41) is 19.9. The first-order valence-corrected chi connectivity index (χ1v) is 5.95. The molecule has 2 rings (SSSR count). The topological polar surface area (TPSA) is 90.9 Å². The fourth-order valence-corrected chi connectivity index (χ4v) is 2.07. The van der Waals surface area contributed by atoms with Crippen molar-refractivity contribution in [3.05, 3.63) is 17.8 Å². The van der Waals surface area contributed by atoms with E-state index in [1.54, 1.807) is 12.3 Å². The molecule has 0 spiro atoms. The summed E-state index contributed by atoms with van der Waals surface area (Å²) in [5.41, 5.74) is 6.29. The van der Waals surface area contributed by atoms with Crippen LogP contribution < -0.4 is 10.6 Å². The van der Waals surface area contributed by atoms with Crippen LogP contribution in [0.25, 0.3) is 0 Å². The Bertz CT molecular complexity index is 435. The van der Waals surface area contributed by atoms with Crippen LogP contribution in [0.15, 0.2) is 17.4 Å². The van der Waals surface area contributed by atoms with Crippen LogP contribution in [0.2, 0.25) is 0 Å². The summed E-state index contributed by atoms with van der Waals surface area (Å²) >= 11 is 0. The lowest BCUT2D eigenvalue weighted by molar-refractivity contribution is 0.318. The van der Waals surface area contributed by atoms with Gasteiger partial charge in [0, 0.05) is 19.6 Å². The van der Waals surface area contributed by atoms with Crippen molar-refractivity contribution < 1.29 is 5.21 Å². The molecular formula is C11H18N6O. The van der Waals surface area contributed by atoms with Gasteiger partial charge < -0.3 is 20.7 Å². The van der Waals surface area contributed by atoms with Crippen molar-refractivity contribution in [3.63, 3.8) is 0 Å². The number of likely N-dealkylation sites (N-methyl/N-ethyl adjacent to an activating group) is 1. The van der Waals surface area contributed by atoms with E-state index in [1.807, 2.05) is 0 Å². The Balaban J connectivity index is 2.27. The van der Waals surface area contributed by atoms with Crippen LogP contribution in [-0.4, -0.2) is 59.4 Å². The smallest absolute Gasteiger partial charge is 0.173 e. The molecular weight excluding hydrogens is 232 g/mol. The first-order valence-electron chi connectivity index (χ1n) is 5.95. The first kappa shape index (κ1) is 12.6. The van der Waals surface area contributed by atoms with Gasteiger partial charge in [-0.15, -0.1) is 5.10 Å². The summed E-state index contributed by atoms with van der Waals surface area (Å²) in [5.74, 6) is 0.751. The number of amidine groups is 1. The molecule has 0 aromatic carbocycles. The monoisotopic (exact) mass is 250 g/mol. The predicted molar refractivity (Wildman–Crippen MR) is 68.9 cm³/mol. The number of hydrogen-bond donors (Lipinski definition) is 2. The predicted octanol–water partition coefficient (Wildman–Crippen LogP) is -0.287. The summed E-state index contributed by atoms with van der Waals surface area (Å²) in [7, 11) is 2.10. The van der Waals surface area contributed by atoms with Crippen LogP contribution in [0.3, 0.4) is 0 Å². The third kappa shape index (κ3) is 2.67. The van der Waals surface area contributed by atoms with E-state index in [0.717, 1.165) is 32.6 Å². The van der Waals surface area contributed by atoms with Crippen LogP contribution in [-0.2, 0) is 0 Å². The average Bonchev–Trinajstić information content (AvgIpc) is 2.62. The third-order valence-corrected chi connectivity index (χ3v) is 3.10. The second-order valence-corrected chi connectivity index (χ2v) is 4.40. The molecule has 0 atom stereocenters. The number of nitrogens with zero attached hydrogens (tertiary/aromatic N) is 5. The lowest BCUT2D eigenvalue weighted by Crippen LogP contribution is -2.31. The van der Waals surface area contributed by atoms with E-state index in [9.17, 15) is 0 Å². The zero-order chi connectivity index (χ0) is 13.0. The second-order valence-electron chi connectivity index (χ2n) is 4.40. The van der Waals surface area contributed by atoms with E-state index in [0.29, 0.717) is 11.4 Å². The molecule has 1 aliphatic rings. The van der Waals surface area contributed by atoms with Crippen molar-refractivity contribution in [3.8, 4) is 0 Å². The molecule has 2 heterocycles. The molecule has 1 saturated heterocycles. The molecule has 1 fully saturated rings. The zero-order valence-electron chi connectivity index (χ0n) is 10.5. The van der Waals surface area contributed by atoms with E-state index in [4.69, 9.17) is 10.9 Å². The molecule has 7 nitrogen and oxygen atoms in total. The van der Waals surface area contributed by atoms with Gasteiger partial charge in [-0.2, -0.15) is 5.10 Å². The standard InChI is InChI=1S/C11H18N6O/c1-16-5-2-6-17(8-7-16)11-9(10(12)15-18)3-4-13-14-11/h3-4,18H,2,5-8H2,1H3,(H2,12,15). The van der Waals surface area contributed by atoms with Gasteiger partial charge in [-0.25, -0.2) is 0 Å². The number of anilines is 1. The molecule has 1 aromatic rings. The van der Waals surface area contributed by atoms with Gasteiger partial charge in [0.1, 0.15) is 0 Å². The van der Waals surface area contributed by atoms with E-state index < -0.39 is 0 Å². The minimum atomic E-state index is 0.0671. The molecule has 1 aromatic heterocycles. The second kappa shape index (κ2) is 5.63. The highest BCUT2D eigenvalue weighted by Gasteiger charge is 2.18. The quantitative estimate of drug-likeness (QED) is 0.324. The van der Waals surface area contributed by atoms with Crippen molar-refractivity contribution in [2.24, 2.45) is 10.9 Å². The maximum absolute atomic E-state index is 8.80. The Morgan fingerprint density at radius 2 is 2.22 bits per heavy atom. The average molecular weight is 250 g/mol. The van der Waals surface area contributed by atoms with Gasteiger partial charge >= 0.3 is 0 Å². The van der Waals surface area contributed by atoms with Gasteiger partial charge in [-0.3, -0.25) is 0 Å². The van der Waals surface area contributed by atoms with Crippen molar-refractivity contribution >= 4 is 11.7 Å². The maximum atomic E-state index is 8.80. The number of hydrogen-bond acceptors (Lipinski definition) is 6. The molecule has 0 unspecified atom stereocenters. The van der Waals surface area contributed by atoms with Crippen molar-refractivity contribution in [2.75, 3.05) is 38.1 Å². The molecule has 0 saturated carbocycles. The van der Waals surface area contributed by atoms with Crippen LogP contribution in [0.5, 0.6) is 0 Å². The zero-order valence-corrected chi connectivity index (χ0v) is 10.5. The minimum absolute atomic E-state index is 0.0671. The highest BCUT2D eigenvalue weighted by molar-refractivity contribution is 6.01. The van der Waals surface area contributed by atoms with Gasteiger partial charge in [0.2, 0.25) is 0 Å². The number of nitrogens with two attached hydrogens (primary N) is 1. The summed E-state index contributed by atoms with van der Waals surface area (Å²) in [6, 6.07) is 1.71. The van der Waals surface area contributed by atoms with Crippen molar-refractivity contribution in [1.29, 1.82) is 0 Å². The lowest BCUT2D eigenvalue weighted by atomic mass is 10.2. The Hall–Kier alpha value is -1.89. The molecule has 0 aliphatic carbocycles. The number of oxime groups is 1. The lowest BCUT2D eigenvalue weighted by Gasteiger charge is -2.22. The fraction of sp³-hybridized carbons (Fsp3) is 0.545. The van der Waals surface area contributed by atoms with Gasteiger partial charge in [0.05, 0.1) is 11.8 Å². The van der Waals surface area contributed by atoms with E-state index >= 15 is 0 Å². The Morgan fingerprint density at radius 3 is 3.00 bits per heavy atom. The molecule has 1 aliphatic heterocycles. The van der Waals surface area contributed by atoms with Gasteiger partial charge in [0.25, 0.3) is 0 Å². The molecule has 7 heteroatoms.